The number of nitrogens with zero attached hydrogens (tertiary/aromatic N) is 1. The van der Waals surface area contributed by atoms with Gasteiger partial charge in [-0.25, -0.2) is 4.90 Å². The van der Waals surface area contributed by atoms with Crippen LogP contribution in [-0.2, 0) is 9.59 Å². The van der Waals surface area contributed by atoms with Crippen molar-refractivity contribution in [3.8, 4) is 5.75 Å². The third-order valence-corrected chi connectivity index (χ3v) is 5.97. The number of aryl methyl sites for hydroxylation is 3. The summed E-state index contributed by atoms with van der Waals surface area (Å²) in [5.74, 6) is -0.0734. The fourth-order valence-electron chi connectivity index (χ4n) is 3.80. The smallest absolute Gasteiger partial charge is 0.282 e. The molecule has 0 saturated carbocycles. The number of nitrogens with one attached hydrogen (secondary N) is 1. The Morgan fingerprint density at radius 2 is 1.58 bits per heavy atom. The van der Waals surface area contributed by atoms with E-state index < -0.39 is 5.91 Å². The molecule has 1 aliphatic rings. The molecule has 3 aromatic rings. The molecule has 0 spiro atoms. The topological polar surface area (TPSA) is 58.6 Å². The van der Waals surface area contributed by atoms with Gasteiger partial charge in [0, 0.05) is 10.7 Å². The first-order valence-corrected chi connectivity index (χ1v) is 11.1. The number of benzene rings is 3. The van der Waals surface area contributed by atoms with Crippen LogP contribution in [0.15, 0.2) is 66.4 Å². The van der Waals surface area contributed by atoms with Crippen LogP contribution in [-0.4, -0.2) is 18.4 Å². The van der Waals surface area contributed by atoms with E-state index in [-0.39, 0.29) is 11.6 Å². The highest BCUT2D eigenvalue weighted by Gasteiger charge is 2.40. The highest BCUT2D eigenvalue weighted by atomic mass is 35.5. The van der Waals surface area contributed by atoms with Gasteiger partial charge in [-0.1, -0.05) is 29.8 Å². The Hall–Kier alpha value is -3.57. The molecule has 0 saturated heterocycles. The number of hydrogen-bond acceptors (Lipinski definition) is 4. The molecule has 1 aliphatic heterocycles. The predicted molar refractivity (Wildman–Crippen MR) is 133 cm³/mol. The van der Waals surface area contributed by atoms with Crippen molar-refractivity contribution in [2.75, 3.05) is 16.8 Å². The van der Waals surface area contributed by atoms with Crippen molar-refractivity contribution in [3.05, 3.63) is 93.6 Å². The van der Waals surface area contributed by atoms with Crippen LogP contribution in [0.3, 0.4) is 0 Å². The molecule has 0 atom stereocenters. The van der Waals surface area contributed by atoms with Crippen molar-refractivity contribution in [2.24, 2.45) is 0 Å². The third-order valence-electron chi connectivity index (χ3n) is 5.73. The Bertz CT molecular complexity index is 1280. The van der Waals surface area contributed by atoms with Gasteiger partial charge < -0.3 is 10.1 Å². The SMILES string of the molecule is CCOc1ccc(C2=C(Nc3ccc(Cl)cc3C)C(=O)N(c3ccc(C)c(C)c3)C2=O)cc1. The van der Waals surface area contributed by atoms with Gasteiger partial charge in [0.25, 0.3) is 11.8 Å². The average Bonchev–Trinajstić information content (AvgIpc) is 3.02. The molecule has 0 fully saturated rings. The second-order valence-corrected chi connectivity index (χ2v) is 8.44. The number of hydrogen-bond donors (Lipinski definition) is 1. The zero-order chi connectivity index (χ0) is 23.7. The van der Waals surface area contributed by atoms with Crippen LogP contribution < -0.4 is 15.0 Å². The van der Waals surface area contributed by atoms with Crippen LogP contribution in [0.2, 0.25) is 5.02 Å². The van der Waals surface area contributed by atoms with Gasteiger partial charge in [0.2, 0.25) is 0 Å². The van der Waals surface area contributed by atoms with Crippen molar-refractivity contribution in [1.82, 2.24) is 0 Å². The van der Waals surface area contributed by atoms with Gasteiger partial charge in [-0.15, -0.1) is 0 Å². The molecule has 5 nitrogen and oxygen atoms in total. The quantitative estimate of drug-likeness (QED) is 0.454. The maximum atomic E-state index is 13.6. The van der Waals surface area contributed by atoms with E-state index in [2.05, 4.69) is 5.32 Å². The van der Waals surface area contributed by atoms with E-state index in [0.29, 0.717) is 39.9 Å². The second kappa shape index (κ2) is 9.12. The lowest BCUT2D eigenvalue weighted by molar-refractivity contribution is -0.120. The molecule has 33 heavy (non-hydrogen) atoms. The molecule has 0 unspecified atom stereocenters. The first-order valence-electron chi connectivity index (χ1n) is 10.8. The lowest BCUT2D eigenvalue weighted by atomic mass is 10.0. The maximum absolute atomic E-state index is 13.6. The minimum atomic E-state index is -0.401. The van der Waals surface area contributed by atoms with Gasteiger partial charge in [0.05, 0.1) is 17.9 Å². The molecule has 6 heteroatoms. The average molecular weight is 461 g/mol. The largest absolute Gasteiger partial charge is 0.494 e. The summed E-state index contributed by atoms with van der Waals surface area (Å²) in [5, 5.41) is 3.81. The molecule has 4 rings (SSSR count). The Morgan fingerprint density at radius 1 is 0.848 bits per heavy atom. The first-order chi connectivity index (χ1) is 15.8. The van der Waals surface area contributed by atoms with E-state index in [1.807, 2.05) is 45.9 Å². The summed E-state index contributed by atoms with van der Waals surface area (Å²) >= 11 is 6.10. The molecular formula is C27H25ClN2O3. The van der Waals surface area contributed by atoms with E-state index in [1.54, 1.807) is 42.5 Å². The molecule has 0 radical (unpaired) electrons. The van der Waals surface area contributed by atoms with Crippen molar-refractivity contribution in [2.45, 2.75) is 27.7 Å². The molecule has 2 amide bonds. The summed E-state index contributed by atoms with van der Waals surface area (Å²) in [6.45, 7) is 8.30. The van der Waals surface area contributed by atoms with E-state index in [4.69, 9.17) is 16.3 Å². The Balaban J connectivity index is 1.82. The number of rotatable bonds is 6. The molecular weight excluding hydrogens is 436 g/mol. The number of carbonyl (C=O) groups is 2. The maximum Gasteiger partial charge on any atom is 0.282 e. The van der Waals surface area contributed by atoms with Crippen molar-refractivity contribution in [1.29, 1.82) is 0 Å². The summed E-state index contributed by atoms with van der Waals surface area (Å²) in [6.07, 6.45) is 0. The number of halogens is 1. The van der Waals surface area contributed by atoms with Crippen molar-refractivity contribution < 1.29 is 14.3 Å². The van der Waals surface area contributed by atoms with Gasteiger partial charge in [-0.2, -0.15) is 0 Å². The summed E-state index contributed by atoms with van der Waals surface area (Å²) < 4.78 is 5.53. The van der Waals surface area contributed by atoms with Crippen molar-refractivity contribution in [3.63, 3.8) is 0 Å². The zero-order valence-electron chi connectivity index (χ0n) is 19.0. The highest BCUT2D eigenvalue weighted by molar-refractivity contribution is 6.46. The van der Waals surface area contributed by atoms with Crippen LogP contribution in [0.5, 0.6) is 5.75 Å². The summed E-state index contributed by atoms with van der Waals surface area (Å²) in [6, 6.07) is 18.1. The van der Waals surface area contributed by atoms with Crippen molar-refractivity contribution >= 4 is 40.4 Å². The fourth-order valence-corrected chi connectivity index (χ4v) is 4.03. The standard InChI is InChI=1S/C27H25ClN2O3/c1-5-33-22-11-7-19(8-12-22)24-25(29-23-13-9-20(28)14-18(23)4)27(32)30(26(24)31)21-10-6-16(2)17(3)15-21/h6-15,29H,5H2,1-4H3. The van der Waals surface area contributed by atoms with Crippen LogP contribution in [0.4, 0.5) is 11.4 Å². The van der Waals surface area contributed by atoms with Gasteiger partial charge in [-0.3, -0.25) is 9.59 Å². The van der Waals surface area contributed by atoms with Gasteiger partial charge in [-0.05, 0) is 92.4 Å². The van der Waals surface area contributed by atoms with E-state index in [9.17, 15) is 9.59 Å². The molecule has 168 valence electrons. The van der Waals surface area contributed by atoms with Gasteiger partial charge in [0.1, 0.15) is 11.4 Å². The van der Waals surface area contributed by atoms with Gasteiger partial charge >= 0.3 is 0 Å². The van der Waals surface area contributed by atoms with Crippen LogP contribution in [0.1, 0.15) is 29.2 Å². The predicted octanol–water partition coefficient (Wildman–Crippen LogP) is 6.06. The number of ether oxygens (including phenoxy) is 1. The van der Waals surface area contributed by atoms with E-state index in [0.717, 1.165) is 16.7 Å². The Morgan fingerprint density at radius 3 is 2.21 bits per heavy atom. The summed E-state index contributed by atoms with van der Waals surface area (Å²) in [5.41, 5.74) is 5.40. The number of carbonyl (C=O) groups excluding carboxylic acids is 2. The third kappa shape index (κ3) is 4.37. The number of anilines is 2. The Kier molecular flexibility index (Phi) is 6.25. The number of amides is 2. The molecule has 0 bridgehead atoms. The fraction of sp³-hybridized carbons (Fsp3) is 0.185. The molecule has 3 aromatic carbocycles. The molecule has 1 N–H and O–H groups in total. The van der Waals surface area contributed by atoms with Crippen LogP contribution >= 0.6 is 11.6 Å². The van der Waals surface area contributed by atoms with Crippen LogP contribution in [0.25, 0.3) is 5.57 Å². The van der Waals surface area contributed by atoms with E-state index in [1.165, 1.54) is 4.90 Å². The van der Waals surface area contributed by atoms with E-state index >= 15 is 0 Å². The zero-order valence-corrected chi connectivity index (χ0v) is 19.8. The van der Waals surface area contributed by atoms with Crippen LogP contribution in [0, 0.1) is 20.8 Å². The molecule has 1 heterocycles. The lowest BCUT2D eigenvalue weighted by Gasteiger charge is -2.17. The minimum absolute atomic E-state index is 0.229. The monoisotopic (exact) mass is 460 g/mol. The second-order valence-electron chi connectivity index (χ2n) is 8.01. The summed E-state index contributed by atoms with van der Waals surface area (Å²) in [7, 11) is 0. The Labute approximate surface area is 198 Å². The first kappa shape index (κ1) is 22.6. The normalized spacial score (nSPS) is 13.7. The van der Waals surface area contributed by atoms with Gasteiger partial charge in [0.15, 0.2) is 0 Å². The molecule has 0 aliphatic carbocycles. The molecule has 0 aromatic heterocycles. The number of imide groups is 1. The summed E-state index contributed by atoms with van der Waals surface area (Å²) in [4.78, 5) is 28.4. The highest BCUT2D eigenvalue weighted by Crippen LogP contribution is 2.35. The minimum Gasteiger partial charge on any atom is -0.494 e. The lowest BCUT2D eigenvalue weighted by Crippen LogP contribution is -2.32.